The van der Waals surface area contributed by atoms with E-state index in [0.717, 1.165) is 51.0 Å². The van der Waals surface area contributed by atoms with E-state index in [2.05, 4.69) is 20.4 Å². The molecule has 28 heavy (non-hydrogen) atoms. The van der Waals surface area contributed by atoms with Crippen molar-refractivity contribution >= 4 is 17.5 Å². The van der Waals surface area contributed by atoms with Gasteiger partial charge < -0.3 is 4.74 Å². The Morgan fingerprint density at radius 3 is 2.68 bits per heavy atom. The number of rotatable bonds is 4. The molecule has 6 unspecified atom stereocenters. The Morgan fingerprint density at radius 2 is 1.93 bits per heavy atom. The van der Waals surface area contributed by atoms with Crippen LogP contribution in [0.25, 0.3) is 0 Å². The average Bonchev–Trinajstić information content (AvgIpc) is 3.03. The van der Waals surface area contributed by atoms with Gasteiger partial charge in [0.1, 0.15) is 0 Å². The van der Waals surface area contributed by atoms with E-state index >= 15 is 0 Å². The molecule has 0 saturated heterocycles. The van der Waals surface area contributed by atoms with E-state index in [-0.39, 0.29) is 29.1 Å². The maximum Gasteiger partial charge on any atom is 0.330 e. The molecule has 0 radical (unpaired) electrons. The molecule has 0 aromatic carbocycles. The molecular weight excluding hydrogens is 352 g/mol. The summed E-state index contributed by atoms with van der Waals surface area (Å²) in [4.78, 5) is 36.2. The molecule has 0 aliphatic heterocycles. The molecular formula is C24H32O4. The molecule has 3 saturated carbocycles. The molecule has 6 atom stereocenters. The molecule has 4 aliphatic rings. The van der Waals surface area contributed by atoms with Gasteiger partial charge in [-0.25, -0.2) is 4.79 Å². The summed E-state index contributed by atoms with van der Waals surface area (Å²) >= 11 is 0. The monoisotopic (exact) mass is 384 g/mol. The Balaban J connectivity index is 1.53. The summed E-state index contributed by atoms with van der Waals surface area (Å²) in [5, 5.41) is 0. The largest absolute Gasteiger partial charge is 0.455 e. The number of fused-ring (bicyclic) bond motifs is 5. The van der Waals surface area contributed by atoms with Crippen LogP contribution in [0.3, 0.4) is 0 Å². The van der Waals surface area contributed by atoms with Gasteiger partial charge in [-0.3, -0.25) is 9.59 Å². The Hall–Kier alpha value is -1.71. The van der Waals surface area contributed by atoms with E-state index in [9.17, 15) is 14.4 Å². The second kappa shape index (κ2) is 6.96. The summed E-state index contributed by atoms with van der Waals surface area (Å²) in [7, 11) is 0. The van der Waals surface area contributed by atoms with Gasteiger partial charge in [0.25, 0.3) is 0 Å². The summed E-state index contributed by atoms with van der Waals surface area (Å²) in [6.45, 7) is 7.96. The fourth-order valence-corrected chi connectivity index (χ4v) is 7.39. The molecule has 4 rings (SSSR count). The van der Waals surface area contributed by atoms with E-state index in [1.54, 1.807) is 0 Å². The van der Waals surface area contributed by atoms with Crippen LogP contribution in [-0.4, -0.2) is 24.1 Å². The van der Waals surface area contributed by atoms with Crippen molar-refractivity contribution < 1.29 is 19.1 Å². The number of allylic oxidation sites excluding steroid dienone is 1. The molecule has 0 bridgehead atoms. The highest BCUT2D eigenvalue weighted by Gasteiger charge is 2.60. The first-order valence-corrected chi connectivity index (χ1v) is 10.9. The minimum Gasteiger partial charge on any atom is -0.455 e. The molecule has 0 N–H and O–H groups in total. The zero-order valence-electron chi connectivity index (χ0n) is 17.2. The third kappa shape index (κ3) is 2.91. The van der Waals surface area contributed by atoms with Crippen molar-refractivity contribution in [1.29, 1.82) is 0 Å². The number of hydrogen-bond donors (Lipinski definition) is 0. The van der Waals surface area contributed by atoms with Gasteiger partial charge >= 0.3 is 5.97 Å². The molecule has 0 heterocycles. The second-order valence-corrected chi connectivity index (χ2v) is 9.92. The Morgan fingerprint density at radius 1 is 1.14 bits per heavy atom. The highest BCUT2D eigenvalue weighted by atomic mass is 16.5. The van der Waals surface area contributed by atoms with Gasteiger partial charge in [0.15, 0.2) is 18.2 Å². The normalized spacial score (nSPS) is 41.9. The fourth-order valence-electron chi connectivity index (χ4n) is 7.39. The maximum absolute atomic E-state index is 12.9. The van der Waals surface area contributed by atoms with Crippen LogP contribution in [0.1, 0.15) is 65.2 Å². The lowest BCUT2D eigenvalue weighted by Gasteiger charge is -2.58. The van der Waals surface area contributed by atoms with Crippen molar-refractivity contribution in [3.05, 3.63) is 24.3 Å². The summed E-state index contributed by atoms with van der Waals surface area (Å²) in [5.74, 6) is 1.67. The van der Waals surface area contributed by atoms with E-state index in [1.807, 2.05) is 6.08 Å². The Bertz CT molecular complexity index is 750. The van der Waals surface area contributed by atoms with Gasteiger partial charge in [-0.1, -0.05) is 26.0 Å². The average molecular weight is 385 g/mol. The molecule has 4 nitrogen and oxygen atoms in total. The summed E-state index contributed by atoms with van der Waals surface area (Å²) in [5.41, 5.74) is 1.57. The van der Waals surface area contributed by atoms with Gasteiger partial charge in [-0.15, -0.1) is 0 Å². The van der Waals surface area contributed by atoms with Gasteiger partial charge in [0.2, 0.25) is 0 Å². The standard InChI is InChI=1S/C24H32O4/c1-4-22(27)28-14-21(26)20-8-7-18-17-6-5-15-13-16(25)9-11-23(15,2)19(17)10-12-24(18,20)3/h4,13,17-20H,1,5-12,14H2,2-3H3. The highest BCUT2D eigenvalue weighted by molar-refractivity contribution is 5.91. The van der Waals surface area contributed by atoms with Crippen LogP contribution < -0.4 is 0 Å². The number of carbonyl (C=O) groups is 3. The quantitative estimate of drug-likeness (QED) is 0.531. The number of ketones is 2. The molecule has 0 spiro atoms. The van der Waals surface area contributed by atoms with E-state index in [4.69, 9.17) is 4.74 Å². The van der Waals surface area contributed by atoms with E-state index in [1.165, 1.54) is 5.57 Å². The topological polar surface area (TPSA) is 60.4 Å². The van der Waals surface area contributed by atoms with Crippen LogP contribution in [0.2, 0.25) is 0 Å². The summed E-state index contributed by atoms with van der Waals surface area (Å²) < 4.78 is 5.05. The van der Waals surface area contributed by atoms with Crippen molar-refractivity contribution in [2.75, 3.05) is 6.61 Å². The minimum absolute atomic E-state index is 0.00579. The highest BCUT2D eigenvalue weighted by Crippen LogP contribution is 2.66. The van der Waals surface area contributed by atoms with Gasteiger partial charge in [-0.05, 0) is 79.6 Å². The first kappa shape index (κ1) is 19.6. The Kier molecular flexibility index (Phi) is 4.87. The molecule has 3 fully saturated rings. The molecule has 4 heteroatoms. The molecule has 0 amide bonds. The third-order valence-electron chi connectivity index (χ3n) is 8.87. The van der Waals surface area contributed by atoms with Crippen molar-refractivity contribution in [1.82, 2.24) is 0 Å². The van der Waals surface area contributed by atoms with Crippen LogP contribution in [0.15, 0.2) is 24.3 Å². The van der Waals surface area contributed by atoms with Crippen LogP contribution in [0, 0.1) is 34.5 Å². The third-order valence-corrected chi connectivity index (χ3v) is 8.87. The van der Waals surface area contributed by atoms with Gasteiger partial charge in [0, 0.05) is 18.4 Å². The summed E-state index contributed by atoms with van der Waals surface area (Å²) in [6, 6.07) is 0. The molecule has 0 aromatic heterocycles. The molecule has 0 aromatic rings. The number of Topliss-reactive ketones (excluding diaryl/α,β-unsaturated/α-hetero) is 1. The number of hydrogen-bond acceptors (Lipinski definition) is 4. The van der Waals surface area contributed by atoms with Crippen LogP contribution >= 0.6 is 0 Å². The number of ether oxygens (including phenoxy) is 1. The number of esters is 1. The van der Waals surface area contributed by atoms with Crippen LogP contribution in [-0.2, 0) is 19.1 Å². The summed E-state index contributed by atoms with van der Waals surface area (Å²) in [6.07, 6.45) is 11.1. The zero-order chi connectivity index (χ0) is 20.1. The maximum atomic E-state index is 12.9. The van der Waals surface area contributed by atoms with Crippen molar-refractivity contribution in [2.45, 2.75) is 65.2 Å². The van der Waals surface area contributed by atoms with Crippen LogP contribution in [0.5, 0.6) is 0 Å². The smallest absolute Gasteiger partial charge is 0.330 e. The van der Waals surface area contributed by atoms with Crippen molar-refractivity contribution in [2.24, 2.45) is 34.5 Å². The second-order valence-electron chi connectivity index (χ2n) is 9.92. The lowest BCUT2D eigenvalue weighted by Crippen LogP contribution is -2.51. The zero-order valence-corrected chi connectivity index (χ0v) is 17.2. The number of carbonyl (C=O) groups excluding carboxylic acids is 3. The van der Waals surface area contributed by atoms with Gasteiger partial charge in [-0.2, -0.15) is 0 Å². The lowest BCUT2D eigenvalue weighted by atomic mass is 9.46. The van der Waals surface area contributed by atoms with Crippen LogP contribution in [0.4, 0.5) is 0 Å². The lowest BCUT2D eigenvalue weighted by molar-refractivity contribution is -0.147. The van der Waals surface area contributed by atoms with Crippen molar-refractivity contribution in [3.63, 3.8) is 0 Å². The Labute approximate surface area is 167 Å². The SMILES string of the molecule is C=CC(=O)OCC(=O)C1CCC2C3CCC4=CC(=O)CCC4(C)C3CCC12C. The first-order chi connectivity index (χ1) is 13.3. The van der Waals surface area contributed by atoms with E-state index in [0.29, 0.717) is 30.0 Å². The van der Waals surface area contributed by atoms with E-state index < -0.39 is 5.97 Å². The minimum atomic E-state index is -0.525. The van der Waals surface area contributed by atoms with Crippen molar-refractivity contribution in [3.8, 4) is 0 Å². The predicted octanol–water partition coefficient (Wildman–Crippen LogP) is 4.43. The fraction of sp³-hybridized carbons (Fsp3) is 0.708. The predicted molar refractivity (Wildman–Crippen MR) is 106 cm³/mol. The molecule has 4 aliphatic carbocycles. The van der Waals surface area contributed by atoms with Gasteiger partial charge in [0.05, 0.1) is 0 Å². The molecule has 152 valence electrons. The first-order valence-electron chi connectivity index (χ1n) is 10.9.